The molecule has 0 aromatic heterocycles. The number of para-hydroxylation sites is 1. The molecule has 1 amide bonds. The van der Waals surface area contributed by atoms with Gasteiger partial charge in [-0.1, -0.05) is 35.9 Å². The van der Waals surface area contributed by atoms with E-state index >= 15 is 0 Å². The van der Waals surface area contributed by atoms with Crippen LogP contribution in [-0.2, 0) is 11.2 Å². The third kappa shape index (κ3) is 3.55. The van der Waals surface area contributed by atoms with E-state index in [-0.39, 0.29) is 28.4 Å². The Morgan fingerprint density at radius 3 is 2.67 bits per heavy atom. The quantitative estimate of drug-likeness (QED) is 0.693. The Kier molecular flexibility index (Phi) is 4.49. The number of halogens is 2. The first-order valence-corrected chi connectivity index (χ1v) is 6.33. The molecule has 7 heteroatoms. The van der Waals surface area contributed by atoms with E-state index in [1.807, 2.05) is 0 Å². The largest absolute Gasteiger partial charge is 0.323 e. The average Bonchev–Trinajstić information content (AvgIpc) is 2.44. The molecule has 0 fully saturated rings. The Morgan fingerprint density at radius 2 is 1.95 bits per heavy atom. The molecule has 2 aromatic carbocycles. The van der Waals surface area contributed by atoms with Crippen LogP contribution in [0.3, 0.4) is 0 Å². The number of carbonyl (C=O) groups is 1. The van der Waals surface area contributed by atoms with Crippen LogP contribution in [0.4, 0.5) is 15.8 Å². The summed E-state index contributed by atoms with van der Waals surface area (Å²) in [5.41, 5.74) is 0.0349. The molecule has 0 aliphatic rings. The van der Waals surface area contributed by atoms with E-state index in [9.17, 15) is 19.3 Å². The topological polar surface area (TPSA) is 72.2 Å². The molecule has 0 bridgehead atoms. The van der Waals surface area contributed by atoms with Gasteiger partial charge < -0.3 is 5.32 Å². The van der Waals surface area contributed by atoms with E-state index in [0.29, 0.717) is 0 Å². The number of rotatable bonds is 4. The molecule has 2 rings (SSSR count). The molecule has 0 spiro atoms. The molecule has 1 N–H and O–H groups in total. The van der Waals surface area contributed by atoms with E-state index in [1.54, 1.807) is 6.07 Å². The molecular weight excluding hydrogens is 299 g/mol. The van der Waals surface area contributed by atoms with Gasteiger partial charge in [0.05, 0.1) is 22.1 Å². The molecule has 0 aliphatic carbocycles. The fourth-order valence-corrected chi connectivity index (χ4v) is 1.98. The molecule has 108 valence electrons. The van der Waals surface area contributed by atoms with Crippen molar-refractivity contribution < 1.29 is 14.1 Å². The highest BCUT2D eigenvalue weighted by molar-refractivity contribution is 6.31. The third-order valence-electron chi connectivity index (χ3n) is 2.77. The van der Waals surface area contributed by atoms with Crippen LogP contribution in [0.5, 0.6) is 0 Å². The predicted molar refractivity (Wildman–Crippen MR) is 76.8 cm³/mol. The van der Waals surface area contributed by atoms with Crippen LogP contribution in [0.2, 0.25) is 5.02 Å². The van der Waals surface area contributed by atoms with Crippen LogP contribution in [0, 0.1) is 15.9 Å². The van der Waals surface area contributed by atoms with Crippen LogP contribution in [0.1, 0.15) is 5.56 Å². The highest BCUT2D eigenvalue weighted by Gasteiger charge is 2.16. The van der Waals surface area contributed by atoms with Crippen molar-refractivity contribution in [2.45, 2.75) is 6.42 Å². The maximum Gasteiger partial charge on any atom is 0.273 e. The van der Waals surface area contributed by atoms with Crippen LogP contribution >= 0.6 is 11.6 Å². The molecule has 0 saturated heterocycles. The van der Waals surface area contributed by atoms with E-state index in [2.05, 4.69) is 5.32 Å². The Morgan fingerprint density at radius 1 is 1.24 bits per heavy atom. The van der Waals surface area contributed by atoms with Gasteiger partial charge >= 0.3 is 0 Å². The smallest absolute Gasteiger partial charge is 0.273 e. The molecular formula is C14H10ClFN2O3. The zero-order chi connectivity index (χ0) is 15.4. The number of carbonyl (C=O) groups excluding carboxylic acids is 1. The van der Waals surface area contributed by atoms with Crippen molar-refractivity contribution in [2.24, 2.45) is 0 Å². The first-order valence-electron chi connectivity index (χ1n) is 5.95. The van der Waals surface area contributed by atoms with Gasteiger partial charge in [-0.25, -0.2) is 4.39 Å². The summed E-state index contributed by atoms with van der Waals surface area (Å²) in [6.45, 7) is 0. The van der Waals surface area contributed by atoms with Gasteiger partial charge in [0.1, 0.15) is 0 Å². The maximum absolute atomic E-state index is 13.7. The zero-order valence-electron chi connectivity index (χ0n) is 10.7. The number of nitrogens with one attached hydrogen (secondary N) is 1. The number of nitrogens with zero attached hydrogens (tertiary/aromatic N) is 1. The van der Waals surface area contributed by atoms with Crippen molar-refractivity contribution in [1.82, 2.24) is 0 Å². The van der Waals surface area contributed by atoms with E-state index < -0.39 is 16.6 Å². The summed E-state index contributed by atoms with van der Waals surface area (Å²) < 4.78 is 13.7. The van der Waals surface area contributed by atoms with Crippen LogP contribution in [0.25, 0.3) is 0 Å². The van der Waals surface area contributed by atoms with Crippen molar-refractivity contribution in [2.75, 3.05) is 5.32 Å². The summed E-state index contributed by atoms with van der Waals surface area (Å²) in [4.78, 5) is 22.2. The minimum Gasteiger partial charge on any atom is -0.323 e. The normalized spacial score (nSPS) is 10.2. The van der Waals surface area contributed by atoms with Gasteiger partial charge in [-0.15, -0.1) is 0 Å². The number of nitro groups is 1. The van der Waals surface area contributed by atoms with E-state index in [1.165, 1.54) is 36.4 Å². The monoisotopic (exact) mass is 308 g/mol. The Balaban J connectivity index is 2.16. The predicted octanol–water partition coefficient (Wildman–Crippen LogP) is 3.57. The van der Waals surface area contributed by atoms with Crippen molar-refractivity contribution in [1.29, 1.82) is 0 Å². The lowest BCUT2D eigenvalue weighted by Gasteiger charge is -2.07. The van der Waals surface area contributed by atoms with Gasteiger partial charge in [0.2, 0.25) is 5.91 Å². The lowest BCUT2D eigenvalue weighted by atomic mass is 10.1. The van der Waals surface area contributed by atoms with Gasteiger partial charge in [0, 0.05) is 11.6 Å². The lowest BCUT2D eigenvalue weighted by molar-refractivity contribution is -0.385. The first-order chi connectivity index (χ1) is 9.99. The Labute approximate surface area is 124 Å². The van der Waals surface area contributed by atoms with Gasteiger partial charge in [-0.05, 0) is 12.1 Å². The average molecular weight is 309 g/mol. The van der Waals surface area contributed by atoms with Gasteiger partial charge in [-0.2, -0.15) is 0 Å². The maximum atomic E-state index is 13.7. The van der Waals surface area contributed by atoms with Crippen molar-refractivity contribution in [3.8, 4) is 0 Å². The van der Waals surface area contributed by atoms with Gasteiger partial charge in [-0.3, -0.25) is 14.9 Å². The summed E-state index contributed by atoms with van der Waals surface area (Å²) in [6.07, 6.45) is -0.233. The molecule has 5 nitrogen and oxygen atoms in total. The summed E-state index contributed by atoms with van der Waals surface area (Å²) in [7, 11) is 0. The van der Waals surface area contributed by atoms with Crippen LogP contribution in [-0.4, -0.2) is 10.8 Å². The number of nitro benzene ring substituents is 1. The SMILES string of the molecule is O=C(Cc1ccccc1[N+](=O)[O-])Nc1cccc(Cl)c1F. The van der Waals surface area contributed by atoms with E-state index in [0.717, 1.165) is 0 Å². The number of amides is 1. The highest BCUT2D eigenvalue weighted by Crippen LogP contribution is 2.23. The molecule has 0 unspecified atom stereocenters. The molecule has 0 saturated carbocycles. The fourth-order valence-electron chi connectivity index (χ4n) is 1.81. The summed E-state index contributed by atoms with van der Waals surface area (Å²) in [6, 6.07) is 10.1. The molecule has 0 atom stereocenters. The third-order valence-corrected chi connectivity index (χ3v) is 3.06. The van der Waals surface area contributed by atoms with Crippen molar-refractivity contribution >= 4 is 28.9 Å². The van der Waals surface area contributed by atoms with Crippen LogP contribution < -0.4 is 5.32 Å². The summed E-state index contributed by atoms with van der Waals surface area (Å²) >= 11 is 5.61. The second-order valence-corrected chi connectivity index (χ2v) is 4.62. The standard InChI is InChI=1S/C14H10ClFN2O3/c15-10-5-3-6-11(14(10)16)17-13(19)8-9-4-1-2-7-12(9)18(20)21/h1-7H,8H2,(H,17,19). The number of hydrogen-bond donors (Lipinski definition) is 1. The zero-order valence-corrected chi connectivity index (χ0v) is 11.4. The lowest BCUT2D eigenvalue weighted by Crippen LogP contribution is -2.16. The molecule has 21 heavy (non-hydrogen) atoms. The first kappa shape index (κ1) is 14.9. The van der Waals surface area contributed by atoms with E-state index in [4.69, 9.17) is 11.6 Å². The Hall–Kier alpha value is -2.47. The van der Waals surface area contributed by atoms with Gasteiger partial charge in [0.15, 0.2) is 5.82 Å². The van der Waals surface area contributed by atoms with Gasteiger partial charge in [0.25, 0.3) is 5.69 Å². The van der Waals surface area contributed by atoms with Crippen molar-refractivity contribution in [3.63, 3.8) is 0 Å². The molecule has 0 aliphatic heterocycles. The second-order valence-electron chi connectivity index (χ2n) is 4.21. The highest BCUT2D eigenvalue weighted by atomic mass is 35.5. The number of benzene rings is 2. The van der Waals surface area contributed by atoms with Crippen molar-refractivity contribution in [3.05, 3.63) is 69.0 Å². The van der Waals surface area contributed by atoms with Crippen LogP contribution in [0.15, 0.2) is 42.5 Å². The summed E-state index contributed by atoms with van der Waals surface area (Å²) in [5, 5.41) is 13.1. The minimum atomic E-state index is -0.741. The minimum absolute atomic E-state index is 0.0638. The summed E-state index contributed by atoms with van der Waals surface area (Å²) in [5.74, 6) is -1.31. The molecule has 0 radical (unpaired) electrons. The molecule has 0 heterocycles. The Bertz CT molecular complexity index is 706. The molecule has 2 aromatic rings. The number of hydrogen-bond acceptors (Lipinski definition) is 3. The second kappa shape index (κ2) is 6.32. The number of anilines is 1. The fraction of sp³-hybridized carbons (Fsp3) is 0.0714.